The highest BCUT2D eigenvalue weighted by atomic mass is 32.1. The largest absolute Gasteiger partial charge is 0.324 e. The van der Waals surface area contributed by atoms with E-state index in [9.17, 15) is 0 Å². The van der Waals surface area contributed by atoms with Crippen LogP contribution in [0.1, 0.15) is 23.7 Å². The highest BCUT2D eigenvalue weighted by molar-refractivity contribution is 7.07. The number of aromatic nitrogens is 1. The lowest BCUT2D eigenvalue weighted by Crippen LogP contribution is -2.20. The van der Waals surface area contributed by atoms with Crippen LogP contribution in [0.4, 0.5) is 0 Å². The first-order chi connectivity index (χ1) is 8.36. The van der Waals surface area contributed by atoms with Crippen molar-refractivity contribution < 1.29 is 0 Å². The van der Waals surface area contributed by atoms with Gasteiger partial charge in [0.05, 0.1) is 11.2 Å². The number of nitrogens with one attached hydrogen (secondary N) is 1. The van der Waals surface area contributed by atoms with Crippen molar-refractivity contribution in [3.05, 3.63) is 52.5 Å². The third kappa shape index (κ3) is 3.93. The van der Waals surface area contributed by atoms with E-state index < -0.39 is 0 Å². The molecule has 2 rings (SSSR count). The summed E-state index contributed by atoms with van der Waals surface area (Å²) in [5, 5.41) is 5.41. The van der Waals surface area contributed by atoms with Crippen LogP contribution in [0.15, 0.2) is 41.2 Å². The average molecular weight is 247 g/mol. The molecule has 17 heavy (non-hydrogen) atoms. The molecule has 2 aromatic rings. The Hall–Kier alpha value is -1.23. The zero-order valence-electron chi connectivity index (χ0n) is 9.67. The summed E-state index contributed by atoms with van der Waals surface area (Å²) in [6.45, 7) is 1.73. The average Bonchev–Trinajstić information content (AvgIpc) is 2.88. The van der Waals surface area contributed by atoms with Crippen LogP contribution in [0.3, 0.4) is 0 Å². The van der Waals surface area contributed by atoms with Crippen molar-refractivity contribution in [2.45, 2.75) is 19.0 Å². The first-order valence-corrected chi connectivity index (χ1v) is 6.69. The van der Waals surface area contributed by atoms with Crippen molar-refractivity contribution in [1.29, 1.82) is 0 Å². The number of nitrogens with two attached hydrogens (primary N) is 1. The molecule has 0 amide bonds. The van der Waals surface area contributed by atoms with Crippen molar-refractivity contribution in [2.24, 2.45) is 5.73 Å². The Kier molecular flexibility index (Phi) is 4.67. The van der Waals surface area contributed by atoms with Gasteiger partial charge in [-0.05, 0) is 18.5 Å². The molecule has 0 saturated carbocycles. The fourth-order valence-electron chi connectivity index (χ4n) is 1.67. The second-order valence-corrected chi connectivity index (χ2v) is 4.68. The number of thiazole rings is 1. The molecule has 0 spiro atoms. The fourth-order valence-corrected chi connectivity index (χ4v) is 2.22. The van der Waals surface area contributed by atoms with Gasteiger partial charge in [0.1, 0.15) is 0 Å². The number of rotatable bonds is 6. The van der Waals surface area contributed by atoms with Crippen LogP contribution in [-0.4, -0.2) is 11.5 Å². The number of hydrogen-bond acceptors (Lipinski definition) is 4. The molecule has 1 unspecified atom stereocenters. The first-order valence-electron chi connectivity index (χ1n) is 5.74. The Morgan fingerprint density at radius 3 is 2.82 bits per heavy atom. The van der Waals surface area contributed by atoms with Gasteiger partial charge in [-0.15, -0.1) is 11.3 Å². The molecule has 1 aromatic heterocycles. The molecule has 0 fully saturated rings. The van der Waals surface area contributed by atoms with E-state index in [-0.39, 0.29) is 6.04 Å². The minimum Gasteiger partial charge on any atom is -0.324 e. The van der Waals surface area contributed by atoms with Crippen LogP contribution in [0, 0.1) is 0 Å². The van der Waals surface area contributed by atoms with E-state index in [1.807, 2.05) is 23.7 Å². The molecule has 0 aliphatic carbocycles. The molecule has 4 heteroatoms. The highest BCUT2D eigenvalue weighted by Gasteiger charge is 2.04. The molecule has 0 aliphatic heterocycles. The molecule has 0 radical (unpaired) electrons. The van der Waals surface area contributed by atoms with Crippen molar-refractivity contribution >= 4 is 11.3 Å². The predicted molar refractivity (Wildman–Crippen MR) is 71.8 cm³/mol. The molecular weight excluding hydrogens is 230 g/mol. The SMILES string of the molecule is NC(CCNCc1cscn1)c1ccccc1. The van der Waals surface area contributed by atoms with Crippen molar-refractivity contribution in [1.82, 2.24) is 10.3 Å². The predicted octanol–water partition coefficient (Wildman–Crippen LogP) is 2.32. The van der Waals surface area contributed by atoms with Crippen LogP contribution in [-0.2, 0) is 6.54 Å². The van der Waals surface area contributed by atoms with Gasteiger partial charge in [0.25, 0.3) is 0 Å². The Bertz CT molecular complexity index is 413. The summed E-state index contributed by atoms with van der Waals surface area (Å²) in [4.78, 5) is 4.22. The number of nitrogens with zero attached hydrogens (tertiary/aromatic N) is 1. The maximum atomic E-state index is 6.10. The molecule has 3 N–H and O–H groups in total. The van der Waals surface area contributed by atoms with E-state index >= 15 is 0 Å². The Morgan fingerprint density at radius 1 is 1.29 bits per heavy atom. The van der Waals surface area contributed by atoms with E-state index in [4.69, 9.17) is 5.73 Å². The van der Waals surface area contributed by atoms with Crippen LogP contribution in [0.25, 0.3) is 0 Å². The number of benzene rings is 1. The van der Waals surface area contributed by atoms with Gasteiger partial charge in [-0.25, -0.2) is 4.98 Å². The van der Waals surface area contributed by atoms with Crippen LogP contribution in [0.5, 0.6) is 0 Å². The van der Waals surface area contributed by atoms with Gasteiger partial charge in [0, 0.05) is 18.0 Å². The molecular formula is C13H17N3S. The summed E-state index contributed by atoms with van der Waals surface area (Å²) in [5.74, 6) is 0. The minimum atomic E-state index is 0.110. The van der Waals surface area contributed by atoms with E-state index in [1.54, 1.807) is 11.3 Å². The van der Waals surface area contributed by atoms with Gasteiger partial charge in [-0.1, -0.05) is 30.3 Å². The van der Waals surface area contributed by atoms with Crippen LogP contribution >= 0.6 is 11.3 Å². The smallest absolute Gasteiger partial charge is 0.0795 e. The summed E-state index contributed by atoms with van der Waals surface area (Å²) in [7, 11) is 0. The first kappa shape index (κ1) is 12.2. The van der Waals surface area contributed by atoms with E-state index in [1.165, 1.54) is 5.56 Å². The Labute approximate surface area is 106 Å². The summed E-state index contributed by atoms with van der Waals surface area (Å²) in [6.07, 6.45) is 0.939. The van der Waals surface area contributed by atoms with Gasteiger partial charge in [0.2, 0.25) is 0 Å². The van der Waals surface area contributed by atoms with Gasteiger partial charge in [-0.3, -0.25) is 0 Å². The van der Waals surface area contributed by atoms with Crippen LogP contribution in [0.2, 0.25) is 0 Å². The lowest BCUT2D eigenvalue weighted by molar-refractivity contribution is 0.576. The minimum absolute atomic E-state index is 0.110. The Balaban J connectivity index is 1.68. The molecule has 0 bridgehead atoms. The monoisotopic (exact) mass is 247 g/mol. The van der Waals surface area contributed by atoms with E-state index in [2.05, 4.69) is 27.8 Å². The molecule has 90 valence electrons. The summed E-state index contributed by atoms with van der Waals surface area (Å²) >= 11 is 1.62. The lowest BCUT2D eigenvalue weighted by Gasteiger charge is -2.12. The van der Waals surface area contributed by atoms with Gasteiger partial charge in [-0.2, -0.15) is 0 Å². The lowest BCUT2D eigenvalue weighted by atomic mass is 10.1. The quantitative estimate of drug-likeness (QED) is 0.770. The normalized spacial score (nSPS) is 12.5. The van der Waals surface area contributed by atoms with Gasteiger partial charge in [0.15, 0.2) is 0 Å². The number of hydrogen-bond donors (Lipinski definition) is 2. The second kappa shape index (κ2) is 6.49. The summed E-state index contributed by atoms with van der Waals surface area (Å²) in [6, 6.07) is 10.3. The third-order valence-corrected chi connectivity index (χ3v) is 3.28. The highest BCUT2D eigenvalue weighted by Crippen LogP contribution is 2.12. The van der Waals surface area contributed by atoms with Gasteiger partial charge < -0.3 is 11.1 Å². The fraction of sp³-hybridized carbons (Fsp3) is 0.308. The van der Waals surface area contributed by atoms with E-state index in [0.29, 0.717) is 0 Å². The van der Waals surface area contributed by atoms with Crippen LogP contribution < -0.4 is 11.1 Å². The zero-order chi connectivity index (χ0) is 11.9. The molecule has 1 aromatic carbocycles. The van der Waals surface area contributed by atoms with Crippen molar-refractivity contribution in [3.8, 4) is 0 Å². The topological polar surface area (TPSA) is 50.9 Å². The Morgan fingerprint density at radius 2 is 2.12 bits per heavy atom. The maximum absolute atomic E-state index is 6.10. The zero-order valence-corrected chi connectivity index (χ0v) is 10.5. The standard InChI is InChI=1S/C13H17N3S/c14-13(11-4-2-1-3-5-11)6-7-15-8-12-9-17-10-16-12/h1-5,9-10,13,15H,6-8,14H2. The molecule has 3 nitrogen and oxygen atoms in total. The molecule has 1 heterocycles. The molecule has 0 saturated heterocycles. The summed E-state index contributed by atoms with van der Waals surface area (Å²) < 4.78 is 0. The van der Waals surface area contributed by atoms with Gasteiger partial charge >= 0.3 is 0 Å². The maximum Gasteiger partial charge on any atom is 0.0795 e. The second-order valence-electron chi connectivity index (χ2n) is 3.96. The van der Waals surface area contributed by atoms with Crippen molar-refractivity contribution in [3.63, 3.8) is 0 Å². The van der Waals surface area contributed by atoms with E-state index in [0.717, 1.165) is 25.2 Å². The third-order valence-electron chi connectivity index (χ3n) is 2.65. The van der Waals surface area contributed by atoms with Crippen molar-refractivity contribution in [2.75, 3.05) is 6.54 Å². The molecule has 0 aliphatic rings. The summed E-state index contributed by atoms with van der Waals surface area (Å²) in [5.41, 5.74) is 10.3. The molecule has 1 atom stereocenters.